The van der Waals surface area contributed by atoms with E-state index in [9.17, 15) is 49.0 Å². The molecular weight excluding hydrogens is 780 g/mol. The summed E-state index contributed by atoms with van der Waals surface area (Å²) in [6, 6.07) is 7.66. The van der Waals surface area contributed by atoms with Crippen LogP contribution in [0.4, 0.5) is 21.3 Å². The molecule has 2 heterocycles. The van der Waals surface area contributed by atoms with E-state index >= 15 is 0 Å². The molecule has 4 rings (SSSR count). The summed E-state index contributed by atoms with van der Waals surface area (Å²) in [5.41, 5.74) is 4.79. The van der Waals surface area contributed by atoms with Crippen molar-refractivity contribution in [2.24, 2.45) is 10.9 Å². The number of nitro benzene ring substituents is 2. The predicted octanol–water partition coefficient (Wildman–Crippen LogP) is 1.07. The van der Waals surface area contributed by atoms with Gasteiger partial charge in [-0.1, -0.05) is 5.16 Å². The van der Waals surface area contributed by atoms with Gasteiger partial charge in [-0.05, 0) is 35.4 Å². The van der Waals surface area contributed by atoms with Crippen LogP contribution in [0.15, 0.2) is 59.1 Å². The van der Waals surface area contributed by atoms with Crippen molar-refractivity contribution >= 4 is 80.9 Å². The molecule has 0 unspecified atom stereocenters. The summed E-state index contributed by atoms with van der Waals surface area (Å²) in [5.74, 6) is -4.96. The zero-order chi connectivity index (χ0) is 40.1. The van der Waals surface area contributed by atoms with Gasteiger partial charge in [0.15, 0.2) is 17.5 Å². The molecule has 2 aromatic carbocycles. The summed E-state index contributed by atoms with van der Waals surface area (Å²) in [5, 5.41) is 32.0. The molecule has 2 atom stereocenters. The number of alkyl halides is 1. The number of rotatable bonds is 19. The van der Waals surface area contributed by atoms with Gasteiger partial charge in [0.05, 0.1) is 9.85 Å². The summed E-state index contributed by atoms with van der Waals surface area (Å²) in [6.45, 7) is -2.82. The van der Waals surface area contributed by atoms with Crippen LogP contribution in [0.1, 0.15) is 16.8 Å². The van der Waals surface area contributed by atoms with Crippen LogP contribution in [-0.4, -0.2) is 99.1 Å². The first-order valence-electron chi connectivity index (χ1n) is 15.2. The van der Waals surface area contributed by atoms with Gasteiger partial charge in [-0.3, -0.25) is 39.4 Å². The lowest BCUT2D eigenvalue weighted by atomic mass is 9.98. The van der Waals surface area contributed by atoms with Crippen molar-refractivity contribution in [1.82, 2.24) is 15.4 Å². The van der Waals surface area contributed by atoms with Crippen LogP contribution >= 0.6 is 22.9 Å². The van der Waals surface area contributed by atoms with E-state index < -0.39 is 89.1 Å². The number of primary amides is 1. The van der Waals surface area contributed by atoms with Gasteiger partial charge in [-0.25, -0.2) is 24.4 Å². The van der Waals surface area contributed by atoms with Crippen molar-refractivity contribution in [2.45, 2.75) is 25.3 Å². The molecule has 0 spiro atoms. The molecule has 3 aromatic rings. The number of nitro groups is 2. The van der Waals surface area contributed by atoms with Gasteiger partial charge in [0.25, 0.3) is 23.2 Å². The summed E-state index contributed by atoms with van der Waals surface area (Å²) >= 11 is 6.38. The van der Waals surface area contributed by atoms with Gasteiger partial charge in [0, 0.05) is 29.6 Å². The van der Waals surface area contributed by atoms with Crippen molar-refractivity contribution in [3.8, 4) is 0 Å². The Balaban J connectivity index is 1.40. The molecule has 4 amide bonds. The second-order valence-corrected chi connectivity index (χ2v) is 11.8. The van der Waals surface area contributed by atoms with Crippen LogP contribution in [0.25, 0.3) is 0 Å². The number of β-lactam (4-membered cyclic amide) rings is 1. The van der Waals surface area contributed by atoms with Crippen molar-refractivity contribution in [3.05, 3.63) is 91.0 Å². The molecule has 0 bridgehead atoms. The Hall–Kier alpha value is -6.79. The van der Waals surface area contributed by atoms with E-state index in [0.717, 1.165) is 11.3 Å². The lowest BCUT2D eigenvalue weighted by molar-refractivity contribution is -0.385. The molecule has 1 aliphatic heterocycles. The van der Waals surface area contributed by atoms with Crippen LogP contribution < -0.4 is 16.4 Å². The number of hydroxylamine groups is 2. The number of nitrogens with two attached hydrogens (primary N) is 1. The summed E-state index contributed by atoms with van der Waals surface area (Å²) in [6.07, 6.45) is -1.24. The van der Waals surface area contributed by atoms with Crippen LogP contribution in [-0.2, 0) is 61.1 Å². The normalized spacial score (nSPS) is 14.9. The third-order valence-electron chi connectivity index (χ3n) is 6.94. The molecule has 0 aliphatic carbocycles. The number of non-ortho nitro benzene ring substituents is 2. The SMILES string of the molecule is NC(=O)OC[C@H]1[C@H](NC(=O)/C(=N\OCC(=O)OCc2ccc([N+](=O)[O-])cc2)c2csc(NC(=O)CCl)n2)C(=O)N1OCC(=O)OCc1ccc([N+](=O)[O-])cc1. The van der Waals surface area contributed by atoms with E-state index in [1.54, 1.807) is 0 Å². The molecule has 1 fully saturated rings. The van der Waals surface area contributed by atoms with E-state index in [0.29, 0.717) is 16.2 Å². The first-order chi connectivity index (χ1) is 26.2. The highest BCUT2D eigenvalue weighted by molar-refractivity contribution is 7.14. The Kier molecular flexibility index (Phi) is 14.4. The van der Waals surface area contributed by atoms with Crippen LogP contribution in [0.5, 0.6) is 0 Å². The largest absolute Gasteiger partial charge is 0.459 e. The van der Waals surface area contributed by atoms with Crippen molar-refractivity contribution in [1.29, 1.82) is 0 Å². The van der Waals surface area contributed by atoms with E-state index in [1.807, 2.05) is 0 Å². The Labute approximate surface area is 316 Å². The molecule has 23 nitrogen and oxygen atoms in total. The van der Waals surface area contributed by atoms with Gasteiger partial charge in [-0.2, -0.15) is 0 Å². The predicted molar refractivity (Wildman–Crippen MR) is 184 cm³/mol. The Morgan fingerprint density at radius 1 is 0.909 bits per heavy atom. The standard InChI is InChI=1S/C30H27ClN8O15S/c31-9-22(40)34-30-33-20(15-55-30)25(36-53-13-23(41)50-10-16-1-5-18(6-2-16)38(46)47)27(43)35-26-21(12-52-29(32)45)37(28(26)44)54-14-24(42)51-11-17-3-7-19(8-4-17)39(48)49/h1-8,15,21,26H,9-14H2,(H2,32,45)(H,35,43)(H,33,34,40)/b36-25-/t21-,26-/m0/s1. The maximum absolute atomic E-state index is 13.5. The highest BCUT2D eigenvalue weighted by Gasteiger charge is 2.51. The monoisotopic (exact) mass is 806 g/mol. The molecule has 1 aromatic heterocycles. The molecular formula is C30H27ClN8O15S. The maximum Gasteiger partial charge on any atom is 0.404 e. The average Bonchev–Trinajstić information content (AvgIpc) is 3.62. The number of carbonyl (C=O) groups excluding carboxylic acids is 6. The molecule has 0 radical (unpaired) electrons. The number of hydrogen-bond acceptors (Lipinski definition) is 18. The fourth-order valence-electron chi connectivity index (χ4n) is 4.28. The Bertz CT molecular complexity index is 1980. The summed E-state index contributed by atoms with van der Waals surface area (Å²) in [7, 11) is 0. The number of benzene rings is 2. The Morgan fingerprint density at radius 3 is 2.00 bits per heavy atom. The van der Waals surface area contributed by atoms with Crippen molar-refractivity contribution < 1.29 is 62.5 Å². The highest BCUT2D eigenvalue weighted by Crippen LogP contribution is 2.23. The minimum Gasteiger partial charge on any atom is -0.459 e. The topological polar surface area (TPSA) is 313 Å². The zero-order valence-electron chi connectivity index (χ0n) is 27.8. The first-order valence-corrected chi connectivity index (χ1v) is 16.7. The minimum absolute atomic E-state index is 0.00356. The lowest BCUT2D eigenvalue weighted by Gasteiger charge is -2.44. The van der Waals surface area contributed by atoms with Crippen molar-refractivity contribution in [3.63, 3.8) is 0 Å². The molecule has 1 saturated heterocycles. The quantitative estimate of drug-likeness (QED) is 0.0290. The Morgan fingerprint density at radius 2 is 1.47 bits per heavy atom. The number of esters is 2. The van der Waals surface area contributed by atoms with E-state index in [-0.39, 0.29) is 35.4 Å². The number of ether oxygens (including phenoxy) is 3. The van der Waals surface area contributed by atoms with Crippen molar-refractivity contribution in [2.75, 3.05) is 31.0 Å². The van der Waals surface area contributed by atoms with Crippen LogP contribution in [0.2, 0.25) is 0 Å². The number of amides is 4. The van der Waals surface area contributed by atoms with Gasteiger partial charge in [-0.15, -0.1) is 22.9 Å². The second-order valence-electron chi connectivity index (χ2n) is 10.7. The van der Waals surface area contributed by atoms with Gasteiger partial charge in [0.1, 0.15) is 43.5 Å². The van der Waals surface area contributed by atoms with Crippen LogP contribution in [0.3, 0.4) is 0 Å². The number of aromatic nitrogens is 1. The maximum atomic E-state index is 13.5. The third-order valence-corrected chi connectivity index (χ3v) is 7.94. The van der Waals surface area contributed by atoms with Gasteiger partial charge >= 0.3 is 18.0 Å². The van der Waals surface area contributed by atoms with Gasteiger partial charge in [0.2, 0.25) is 12.5 Å². The first kappa shape index (κ1) is 41.0. The van der Waals surface area contributed by atoms with E-state index in [2.05, 4.69) is 20.8 Å². The number of thiazole rings is 1. The molecule has 25 heteroatoms. The number of hydrogen-bond donors (Lipinski definition) is 3. The van der Waals surface area contributed by atoms with Crippen LogP contribution in [0, 0.1) is 20.2 Å². The molecule has 55 heavy (non-hydrogen) atoms. The molecule has 290 valence electrons. The number of halogens is 1. The second kappa shape index (κ2) is 19.3. The molecule has 0 saturated carbocycles. The summed E-state index contributed by atoms with van der Waals surface area (Å²) in [4.78, 5) is 109. The number of anilines is 1. The fraction of sp³-hybridized carbons (Fsp3) is 0.267. The zero-order valence-corrected chi connectivity index (χ0v) is 29.4. The highest BCUT2D eigenvalue weighted by atomic mass is 35.5. The number of oxime groups is 1. The third kappa shape index (κ3) is 11.9. The van der Waals surface area contributed by atoms with E-state index in [4.69, 9.17) is 41.2 Å². The molecule has 1 aliphatic rings. The fourth-order valence-corrected chi connectivity index (χ4v) is 5.06. The average molecular weight is 807 g/mol. The summed E-state index contributed by atoms with van der Waals surface area (Å²) < 4.78 is 14.9. The number of carbonyl (C=O) groups is 6. The van der Waals surface area contributed by atoms with E-state index in [1.165, 1.54) is 53.9 Å². The number of nitrogens with zero attached hydrogens (tertiary/aromatic N) is 5. The lowest BCUT2D eigenvalue weighted by Crippen LogP contribution is -2.72. The molecule has 4 N–H and O–H groups in total. The smallest absolute Gasteiger partial charge is 0.404 e. The number of nitrogens with one attached hydrogen (secondary N) is 2. The van der Waals surface area contributed by atoms with Gasteiger partial charge < -0.3 is 35.4 Å². The minimum atomic E-state index is -1.46.